The maximum Gasteiger partial charge on any atom is 0.293 e. The van der Waals surface area contributed by atoms with E-state index in [0.717, 1.165) is 22.4 Å². The van der Waals surface area contributed by atoms with Gasteiger partial charge in [-0.15, -0.1) is 0 Å². The number of furan rings is 1. The molecule has 0 fully saturated rings. The molecule has 0 saturated carbocycles. The van der Waals surface area contributed by atoms with Crippen LogP contribution in [-0.4, -0.2) is 22.0 Å². The molecule has 3 heterocycles. The maximum absolute atomic E-state index is 12.3. The minimum absolute atomic E-state index is 0.0611. The number of aromatic nitrogens is 2. The molecule has 0 aliphatic carbocycles. The number of carbonyl (C=O) groups excluding carboxylic acids is 2. The molecule has 2 amide bonds. The van der Waals surface area contributed by atoms with Crippen molar-refractivity contribution in [2.75, 3.05) is 5.32 Å². The van der Waals surface area contributed by atoms with E-state index in [9.17, 15) is 9.59 Å². The molecule has 0 bridgehead atoms. The molecule has 3 aromatic rings. The highest BCUT2D eigenvalue weighted by Gasteiger charge is 2.33. The standard InChI is InChI=1S/C19H18N4O4/c1-10-6-11(2)17-12(18(25)21-13(17)7-10)8-16(24)20-9-15-22-19(27-23-15)14-4-3-5-26-14/h3-7,12H,8-9H2,1-2H3,(H,20,24)(H,21,25)/t12-/m0/s1. The van der Waals surface area contributed by atoms with E-state index in [2.05, 4.69) is 20.8 Å². The summed E-state index contributed by atoms with van der Waals surface area (Å²) in [4.78, 5) is 28.8. The summed E-state index contributed by atoms with van der Waals surface area (Å²) in [5, 5.41) is 9.40. The SMILES string of the molecule is Cc1cc(C)c2c(c1)NC(=O)[C@H]2CC(=O)NCc1noc(-c2ccco2)n1. The first-order valence-electron chi connectivity index (χ1n) is 8.56. The van der Waals surface area contributed by atoms with Gasteiger partial charge in [0.25, 0.3) is 5.89 Å². The molecule has 1 aliphatic heterocycles. The molecule has 0 radical (unpaired) electrons. The lowest BCUT2D eigenvalue weighted by molar-refractivity contribution is -0.125. The molecule has 138 valence electrons. The lowest BCUT2D eigenvalue weighted by Gasteiger charge is -2.11. The van der Waals surface area contributed by atoms with Crippen LogP contribution in [0.4, 0.5) is 5.69 Å². The van der Waals surface area contributed by atoms with E-state index < -0.39 is 5.92 Å². The monoisotopic (exact) mass is 366 g/mol. The van der Waals surface area contributed by atoms with E-state index in [1.807, 2.05) is 26.0 Å². The molecule has 8 nitrogen and oxygen atoms in total. The van der Waals surface area contributed by atoms with Crippen molar-refractivity contribution in [3.8, 4) is 11.7 Å². The predicted octanol–water partition coefficient (Wildman–Crippen LogP) is 2.69. The van der Waals surface area contributed by atoms with Crippen molar-refractivity contribution < 1.29 is 18.5 Å². The number of nitrogens with one attached hydrogen (secondary N) is 2. The molecular weight excluding hydrogens is 348 g/mol. The normalized spacial score (nSPS) is 15.5. The minimum atomic E-state index is -0.496. The number of nitrogens with zero attached hydrogens (tertiary/aromatic N) is 2. The highest BCUT2D eigenvalue weighted by atomic mass is 16.5. The fourth-order valence-corrected chi connectivity index (χ4v) is 3.35. The number of aryl methyl sites for hydroxylation is 2. The van der Waals surface area contributed by atoms with Crippen LogP contribution in [0.2, 0.25) is 0 Å². The van der Waals surface area contributed by atoms with Crippen LogP contribution in [0.1, 0.15) is 34.9 Å². The number of hydrogen-bond donors (Lipinski definition) is 2. The van der Waals surface area contributed by atoms with Crippen molar-refractivity contribution in [1.29, 1.82) is 0 Å². The van der Waals surface area contributed by atoms with Crippen molar-refractivity contribution in [2.45, 2.75) is 32.7 Å². The Hall–Kier alpha value is -3.42. The van der Waals surface area contributed by atoms with Crippen LogP contribution in [0.25, 0.3) is 11.7 Å². The third-order valence-corrected chi connectivity index (χ3v) is 4.49. The molecule has 4 rings (SSSR count). The summed E-state index contributed by atoms with van der Waals surface area (Å²) in [6.45, 7) is 4.03. The van der Waals surface area contributed by atoms with Crippen LogP contribution in [-0.2, 0) is 16.1 Å². The number of hydrogen-bond acceptors (Lipinski definition) is 6. The average molecular weight is 366 g/mol. The molecule has 1 atom stereocenters. The summed E-state index contributed by atoms with van der Waals surface area (Å²) in [5.74, 6) is 0.132. The third-order valence-electron chi connectivity index (χ3n) is 4.49. The molecule has 0 unspecified atom stereocenters. The Bertz CT molecular complexity index is 1010. The second-order valence-electron chi connectivity index (χ2n) is 6.56. The van der Waals surface area contributed by atoms with Crippen molar-refractivity contribution in [1.82, 2.24) is 15.5 Å². The van der Waals surface area contributed by atoms with E-state index >= 15 is 0 Å². The largest absolute Gasteiger partial charge is 0.459 e. The summed E-state index contributed by atoms with van der Waals surface area (Å²) in [6.07, 6.45) is 1.57. The van der Waals surface area contributed by atoms with Crippen LogP contribution < -0.4 is 10.6 Å². The van der Waals surface area contributed by atoms with Crippen LogP contribution in [0.15, 0.2) is 39.5 Å². The van der Waals surface area contributed by atoms with Gasteiger partial charge in [0.15, 0.2) is 11.6 Å². The Morgan fingerprint density at radius 1 is 1.33 bits per heavy atom. The van der Waals surface area contributed by atoms with Gasteiger partial charge in [0.1, 0.15) is 0 Å². The summed E-state index contributed by atoms with van der Waals surface area (Å²) in [6, 6.07) is 7.36. The van der Waals surface area contributed by atoms with E-state index in [1.165, 1.54) is 6.26 Å². The van der Waals surface area contributed by atoms with Crippen LogP contribution in [0, 0.1) is 13.8 Å². The van der Waals surface area contributed by atoms with Crippen LogP contribution >= 0.6 is 0 Å². The van der Waals surface area contributed by atoms with E-state index in [4.69, 9.17) is 8.94 Å². The van der Waals surface area contributed by atoms with Gasteiger partial charge in [-0.25, -0.2) is 0 Å². The highest BCUT2D eigenvalue weighted by molar-refractivity contribution is 6.05. The van der Waals surface area contributed by atoms with Crippen LogP contribution in [0.5, 0.6) is 0 Å². The van der Waals surface area contributed by atoms with E-state index in [0.29, 0.717) is 11.6 Å². The first-order valence-corrected chi connectivity index (χ1v) is 8.56. The number of anilines is 1. The van der Waals surface area contributed by atoms with Gasteiger partial charge in [0, 0.05) is 12.1 Å². The molecule has 8 heteroatoms. The van der Waals surface area contributed by atoms with E-state index in [1.54, 1.807) is 12.1 Å². The van der Waals surface area contributed by atoms with Gasteiger partial charge in [-0.3, -0.25) is 9.59 Å². The fourth-order valence-electron chi connectivity index (χ4n) is 3.35. The van der Waals surface area contributed by atoms with Gasteiger partial charge < -0.3 is 19.6 Å². The Labute approximate surface area is 154 Å². The molecule has 27 heavy (non-hydrogen) atoms. The molecule has 2 aromatic heterocycles. The third kappa shape index (κ3) is 3.33. The zero-order chi connectivity index (χ0) is 19.0. The van der Waals surface area contributed by atoms with Gasteiger partial charge in [0.2, 0.25) is 11.8 Å². The minimum Gasteiger partial charge on any atom is -0.459 e. The summed E-state index contributed by atoms with van der Waals surface area (Å²) < 4.78 is 10.3. The van der Waals surface area contributed by atoms with Gasteiger partial charge in [-0.1, -0.05) is 11.2 Å². The molecule has 1 aromatic carbocycles. The zero-order valence-corrected chi connectivity index (χ0v) is 14.9. The fraction of sp³-hybridized carbons (Fsp3) is 0.263. The van der Waals surface area contributed by atoms with Crippen molar-refractivity contribution in [3.05, 3.63) is 53.0 Å². The van der Waals surface area contributed by atoms with Gasteiger partial charge in [0.05, 0.1) is 18.7 Å². The lowest BCUT2D eigenvalue weighted by atomic mass is 9.92. The second-order valence-corrected chi connectivity index (χ2v) is 6.56. The Kier molecular flexibility index (Phi) is 4.23. The Morgan fingerprint density at radius 2 is 2.19 bits per heavy atom. The highest BCUT2D eigenvalue weighted by Crippen LogP contribution is 2.37. The number of benzene rings is 1. The molecule has 2 N–H and O–H groups in total. The quantitative estimate of drug-likeness (QED) is 0.718. The lowest BCUT2D eigenvalue weighted by Crippen LogP contribution is -2.27. The molecule has 0 saturated heterocycles. The Balaban J connectivity index is 1.40. The number of amides is 2. The number of rotatable bonds is 5. The topological polar surface area (TPSA) is 110 Å². The second kappa shape index (κ2) is 6.71. The molecule has 0 spiro atoms. The maximum atomic E-state index is 12.3. The van der Waals surface area contributed by atoms with E-state index in [-0.39, 0.29) is 30.7 Å². The van der Waals surface area contributed by atoms with Crippen LogP contribution in [0.3, 0.4) is 0 Å². The summed E-state index contributed by atoms with van der Waals surface area (Å²) in [7, 11) is 0. The number of carbonyl (C=O) groups is 2. The Morgan fingerprint density at radius 3 is 2.96 bits per heavy atom. The smallest absolute Gasteiger partial charge is 0.293 e. The molecule has 1 aliphatic rings. The van der Waals surface area contributed by atoms with Gasteiger partial charge in [-0.2, -0.15) is 4.98 Å². The van der Waals surface area contributed by atoms with Gasteiger partial charge in [-0.05, 0) is 48.7 Å². The zero-order valence-electron chi connectivity index (χ0n) is 14.9. The van der Waals surface area contributed by atoms with Crippen molar-refractivity contribution in [3.63, 3.8) is 0 Å². The van der Waals surface area contributed by atoms with Crippen molar-refractivity contribution >= 4 is 17.5 Å². The predicted molar refractivity (Wildman–Crippen MR) is 95.8 cm³/mol. The summed E-state index contributed by atoms with van der Waals surface area (Å²) in [5.41, 5.74) is 3.75. The summed E-state index contributed by atoms with van der Waals surface area (Å²) >= 11 is 0. The molecular formula is C19H18N4O4. The first-order chi connectivity index (χ1) is 13.0. The van der Waals surface area contributed by atoms with Crippen molar-refractivity contribution in [2.24, 2.45) is 0 Å². The van der Waals surface area contributed by atoms with Gasteiger partial charge >= 0.3 is 0 Å². The first kappa shape index (κ1) is 17.0. The average Bonchev–Trinajstić information content (AvgIpc) is 3.33. The number of fused-ring (bicyclic) bond motifs is 1.